The second-order valence-corrected chi connectivity index (χ2v) is 6.88. The number of carbonyl (C=O) groups excluding carboxylic acids is 1. The van der Waals surface area contributed by atoms with Crippen LogP contribution in [0.25, 0.3) is 0 Å². The van der Waals surface area contributed by atoms with E-state index in [4.69, 9.17) is 0 Å². The number of amides is 1. The lowest BCUT2D eigenvalue weighted by Crippen LogP contribution is -2.36. The first-order valence-corrected chi connectivity index (χ1v) is 8.91. The van der Waals surface area contributed by atoms with Crippen molar-refractivity contribution < 1.29 is 9.90 Å². The van der Waals surface area contributed by atoms with Gasteiger partial charge in [-0.3, -0.25) is 4.79 Å². The zero-order valence-corrected chi connectivity index (χ0v) is 16.1. The maximum atomic E-state index is 12.2. The van der Waals surface area contributed by atoms with E-state index in [-0.39, 0.29) is 11.7 Å². The van der Waals surface area contributed by atoms with Crippen LogP contribution in [-0.4, -0.2) is 23.3 Å². The van der Waals surface area contributed by atoms with Gasteiger partial charge in [-0.05, 0) is 48.9 Å². The van der Waals surface area contributed by atoms with Gasteiger partial charge in [0.2, 0.25) is 0 Å². The number of nitrogens with zero attached hydrogens (tertiary/aromatic N) is 1. The minimum absolute atomic E-state index is 0.0937. The van der Waals surface area contributed by atoms with Crippen LogP contribution in [0.2, 0.25) is 0 Å². The van der Waals surface area contributed by atoms with Crippen molar-refractivity contribution in [2.24, 2.45) is 5.10 Å². The zero-order chi connectivity index (χ0) is 17.5. The number of hydrogen-bond donors (Lipinski definition) is 3. The molecule has 0 aromatic heterocycles. The molecule has 0 aliphatic rings. The number of nitrogens with one attached hydrogen (secondary N) is 2. The summed E-state index contributed by atoms with van der Waals surface area (Å²) in [5, 5.41) is 16.8. The number of halogens is 2. The Hall–Kier alpha value is -1.86. The molecule has 0 fully saturated rings. The normalized spacial score (nSPS) is 12.1. The molecule has 1 atom stereocenters. The maximum absolute atomic E-state index is 12.2. The largest absolute Gasteiger partial charge is 0.507 e. The van der Waals surface area contributed by atoms with E-state index in [9.17, 15) is 9.90 Å². The molecule has 3 N–H and O–H groups in total. The Morgan fingerprint density at radius 2 is 1.88 bits per heavy atom. The van der Waals surface area contributed by atoms with E-state index >= 15 is 0 Å². The van der Waals surface area contributed by atoms with Gasteiger partial charge in [0, 0.05) is 20.2 Å². The average molecular weight is 455 g/mol. The highest BCUT2D eigenvalue weighted by molar-refractivity contribution is 9.10. The summed E-state index contributed by atoms with van der Waals surface area (Å²) < 4.78 is 1.79. The molecule has 0 aliphatic carbocycles. The summed E-state index contributed by atoms with van der Waals surface area (Å²) >= 11 is 6.70. The molecule has 0 radical (unpaired) electrons. The standard InChI is InChI=1S/C17H17Br2N3O2/c1-2-15(21-14-6-3-12(18)4-7-14)17(24)22-20-10-11-9-13(19)5-8-16(11)23/h3-10,15,21,23H,2H2,1H3,(H,22,24). The third kappa shape index (κ3) is 5.35. The van der Waals surface area contributed by atoms with E-state index in [1.165, 1.54) is 6.21 Å². The Balaban J connectivity index is 1.97. The first-order valence-electron chi connectivity index (χ1n) is 7.33. The molecule has 1 amide bonds. The van der Waals surface area contributed by atoms with E-state index in [1.807, 2.05) is 31.2 Å². The molecular weight excluding hydrogens is 438 g/mol. The van der Waals surface area contributed by atoms with Crippen molar-refractivity contribution in [3.63, 3.8) is 0 Å². The predicted molar refractivity (Wildman–Crippen MR) is 103 cm³/mol. The van der Waals surface area contributed by atoms with Crippen LogP contribution in [0.5, 0.6) is 5.75 Å². The fourth-order valence-electron chi connectivity index (χ4n) is 1.97. The molecule has 7 heteroatoms. The number of benzene rings is 2. The van der Waals surface area contributed by atoms with Gasteiger partial charge in [0.25, 0.3) is 5.91 Å². The van der Waals surface area contributed by atoms with Gasteiger partial charge in [0.15, 0.2) is 0 Å². The van der Waals surface area contributed by atoms with E-state index in [2.05, 4.69) is 47.7 Å². The topological polar surface area (TPSA) is 73.7 Å². The first kappa shape index (κ1) is 18.5. The van der Waals surface area contributed by atoms with Gasteiger partial charge >= 0.3 is 0 Å². The van der Waals surface area contributed by atoms with Crippen molar-refractivity contribution in [3.8, 4) is 5.75 Å². The predicted octanol–water partition coefficient (Wildman–Crippen LogP) is 4.26. The highest BCUT2D eigenvalue weighted by Gasteiger charge is 2.15. The van der Waals surface area contributed by atoms with Crippen LogP contribution in [0.3, 0.4) is 0 Å². The lowest BCUT2D eigenvalue weighted by Gasteiger charge is -2.16. The molecule has 0 bridgehead atoms. The van der Waals surface area contributed by atoms with E-state index in [0.29, 0.717) is 12.0 Å². The van der Waals surface area contributed by atoms with Gasteiger partial charge in [-0.2, -0.15) is 5.10 Å². The maximum Gasteiger partial charge on any atom is 0.262 e. The monoisotopic (exact) mass is 453 g/mol. The quantitative estimate of drug-likeness (QED) is 0.451. The first-order chi connectivity index (χ1) is 11.5. The van der Waals surface area contributed by atoms with Crippen molar-refractivity contribution in [2.75, 3.05) is 5.32 Å². The smallest absolute Gasteiger partial charge is 0.262 e. The summed E-state index contributed by atoms with van der Waals surface area (Å²) in [6.07, 6.45) is 2.02. The lowest BCUT2D eigenvalue weighted by molar-refractivity contribution is -0.121. The second kappa shape index (κ2) is 8.84. The van der Waals surface area contributed by atoms with Crippen molar-refractivity contribution in [3.05, 3.63) is 57.0 Å². The molecule has 1 unspecified atom stereocenters. The van der Waals surface area contributed by atoms with Gasteiger partial charge in [0.1, 0.15) is 11.8 Å². The second-order valence-electron chi connectivity index (χ2n) is 5.05. The minimum atomic E-state index is -0.403. The summed E-state index contributed by atoms with van der Waals surface area (Å²) in [4.78, 5) is 12.2. The number of carbonyl (C=O) groups is 1. The Kier molecular flexibility index (Phi) is 6.81. The molecule has 0 saturated heterocycles. The highest BCUT2D eigenvalue weighted by Crippen LogP contribution is 2.20. The van der Waals surface area contributed by atoms with Crippen LogP contribution in [0.1, 0.15) is 18.9 Å². The Bertz CT molecular complexity index is 733. The number of aromatic hydroxyl groups is 1. The zero-order valence-electron chi connectivity index (χ0n) is 13.0. The Morgan fingerprint density at radius 1 is 1.21 bits per heavy atom. The van der Waals surface area contributed by atoms with Crippen LogP contribution < -0.4 is 10.7 Å². The average Bonchev–Trinajstić information content (AvgIpc) is 2.57. The van der Waals surface area contributed by atoms with Crippen molar-refractivity contribution in [1.29, 1.82) is 0 Å². The van der Waals surface area contributed by atoms with Crippen LogP contribution in [0.4, 0.5) is 5.69 Å². The molecule has 0 spiro atoms. The van der Waals surface area contributed by atoms with Crippen LogP contribution in [0.15, 0.2) is 56.5 Å². The molecule has 2 rings (SSSR count). The third-order valence-electron chi connectivity index (χ3n) is 3.28. The van der Waals surface area contributed by atoms with Crippen molar-refractivity contribution in [2.45, 2.75) is 19.4 Å². The Labute approximate surface area is 157 Å². The molecule has 24 heavy (non-hydrogen) atoms. The molecule has 0 aliphatic heterocycles. The van der Waals surface area contributed by atoms with E-state index < -0.39 is 6.04 Å². The molecule has 2 aromatic carbocycles. The van der Waals surface area contributed by atoms with Gasteiger partial charge < -0.3 is 10.4 Å². The lowest BCUT2D eigenvalue weighted by atomic mass is 10.2. The van der Waals surface area contributed by atoms with Crippen LogP contribution in [0, 0.1) is 0 Å². The fourth-order valence-corrected chi connectivity index (χ4v) is 2.62. The highest BCUT2D eigenvalue weighted by atomic mass is 79.9. The van der Waals surface area contributed by atoms with Gasteiger partial charge in [0.05, 0.1) is 6.21 Å². The van der Waals surface area contributed by atoms with Gasteiger partial charge in [-0.15, -0.1) is 0 Å². The van der Waals surface area contributed by atoms with Crippen molar-refractivity contribution >= 4 is 49.7 Å². The van der Waals surface area contributed by atoms with Crippen LogP contribution in [-0.2, 0) is 4.79 Å². The number of hydrogen-bond acceptors (Lipinski definition) is 4. The molecule has 0 saturated carbocycles. The van der Waals surface area contributed by atoms with E-state index in [1.54, 1.807) is 18.2 Å². The molecule has 126 valence electrons. The number of anilines is 1. The Morgan fingerprint density at radius 3 is 2.54 bits per heavy atom. The van der Waals surface area contributed by atoms with E-state index in [0.717, 1.165) is 14.6 Å². The number of phenolic OH excluding ortho intramolecular Hbond substituents is 1. The number of rotatable bonds is 6. The molecule has 2 aromatic rings. The molecule has 5 nitrogen and oxygen atoms in total. The minimum Gasteiger partial charge on any atom is -0.507 e. The van der Waals surface area contributed by atoms with Crippen LogP contribution >= 0.6 is 31.9 Å². The molecular formula is C17H17Br2N3O2. The third-order valence-corrected chi connectivity index (χ3v) is 4.30. The van der Waals surface area contributed by atoms with Gasteiger partial charge in [-0.1, -0.05) is 38.8 Å². The summed E-state index contributed by atoms with van der Waals surface area (Å²) in [6.45, 7) is 1.92. The summed E-state index contributed by atoms with van der Waals surface area (Å²) in [6, 6.07) is 12.2. The molecule has 0 heterocycles. The van der Waals surface area contributed by atoms with Crippen molar-refractivity contribution in [1.82, 2.24) is 5.43 Å². The fraction of sp³-hybridized carbons (Fsp3) is 0.176. The number of phenols is 1. The van der Waals surface area contributed by atoms with Gasteiger partial charge in [-0.25, -0.2) is 5.43 Å². The summed E-state index contributed by atoms with van der Waals surface area (Å²) in [5.41, 5.74) is 3.86. The number of hydrazone groups is 1. The summed E-state index contributed by atoms with van der Waals surface area (Å²) in [7, 11) is 0. The summed E-state index contributed by atoms with van der Waals surface area (Å²) in [5.74, 6) is -0.151. The SMILES string of the molecule is CCC(Nc1ccc(Br)cc1)C(=O)NN=Cc1cc(Br)ccc1O.